The molecule has 0 radical (unpaired) electrons. The molecule has 5 nitrogen and oxygen atoms in total. The summed E-state index contributed by atoms with van der Waals surface area (Å²) in [5, 5.41) is 3.33. The molecule has 0 unspecified atom stereocenters. The van der Waals surface area contributed by atoms with Crippen LogP contribution in [0.5, 0.6) is 0 Å². The molecule has 0 amide bonds. The molecule has 1 heterocycles. The summed E-state index contributed by atoms with van der Waals surface area (Å²) >= 11 is 0. The smallest absolute Gasteiger partial charge is 0.138 e. The normalized spacial score (nSPS) is 11.7. The van der Waals surface area contributed by atoms with Crippen molar-refractivity contribution in [1.82, 2.24) is 9.97 Å². The van der Waals surface area contributed by atoms with Crippen LogP contribution in [0.3, 0.4) is 0 Å². The highest BCUT2D eigenvalue weighted by Crippen LogP contribution is 2.24. The Kier molecular flexibility index (Phi) is 6.20. The Morgan fingerprint density at radius 1 is 1.20 bits per heavy atom. The van der Waals surface area contributed by atoms with E-state index in [0.29, 0.717) is 5.82 Å². The Labute approximate surface area is 122 Å². The van der Waals surface area contributed by atoms with Gasteiger partial charge in [0.1, 0.15) is 17.5 Å². The third kappa shape index (κ3) is 4.96. The van der Waals surface area contributed by atoms with Crippen molar-refractivity contribution in [3.8, 4) is 0 Å². The number of anilines is 2. The third-order valence-electron chi connectivity index (χ3n) is 2.96. The van der Waals surface area contributed by atoms with E-state index in [4.69, 9.17) is 10.5 Å². The highest BCUT2D eigenvalue weighted by atomic mass is 16.5. The summed E-state index contributed by atoms with van der Waals surface area (Å²) in [4.78, 5) is 8.97. The minimum Gasteiger partial charge on any atom is -0.383 e. The number of nitrogens with zero attached hydrogens (tertiary/aromatic N) is 2. The van der Waals surface area contributed by atoms with Crippen molar-refractivity contribution in [3.63, 3.8) is 0 Å². The number of aromatic nitrogens is 2. The lowest BCUT2D eigenvalue weighted by Crippen LogP contribution is -2.20. The molecule has 0 aliphatic carbocycles. The molecule has 0 saturated heterocycles. The summed E-state index contributed by atoms with van der Waals surface area (Å²) in [5.74, 6) is 2.15. The van der Waals surface area contributed by atoms with E-state index in [9.17, 15) is 0 Å². The molecule has 5 heteroatoms. The van der Waals surface area contributed by atoms with Crippen LogP contribution in [0.15, 0.2) is 0 Å². The van der Waals surface area contributed by atoms with Crippen LogP contribution >= 0.6 is 0 Å². The average molecular weight is 280 g/mol. The van der Waals surface area contributed by atoms with Gasteiger partial charge in [0.25, 0.3) is 0 Å². The Hall–Kier alpha value is -1.36. The van der Waals surface area contributed by atoms with Gasteiger partial charge in [0, 0.05) is 30.7 Å². The van der Waals surface area contributed by atoms with Crippen LogP contribution in [0.1, 0.15) is 51.9 Å². The maximum atomic E-state index is 5.97. The number of rotatable bonds is 7. The van der Waals surface area contributed by atoms with E-state index in [1.807, 2.05) is 6.92 Å². The average Bonchev–Trinajstić information content (AvgIpc) is 2.37. The number of nitrogen functional groups attached to an aromatic ring is 1. The van der Waals surface area contributed by atoms with Crippen LogP contribution in [0.4, 0.5) is 11.6 Å². The summed E-state index contributed by atoms with van der Waals surface area (Å²) in [7, 11) is 0. The SMILES string of the molecule is CCCOCCCNc1nc(C(C)(C)C)nc(N)c1C. The molecule has 1 aromatic heterocycles. The number of nitrogens with two attached hydrogens (primary N) is 1. The Morgan fingerprint density at radius 2 is 1.90 bits per heavy atom. The molecule has 0 atom stereocenters. The van der Waals surface area contributed by atoms with E-state index >= 15 is 0 Å². The lowest BCUT2D eigenvalue weighted by atomic mass is 9.95. The molecule has 1 rings (SSSR count). The lowest BCUT2D eigenvalue weighted by molar-refractivity contribution is 0.134. The van der Waals surface area contributed by atoms with Crippen LogP contribution in [0.2, 0.25) is 0 Å². The van der Waals surface area contributed by atoms with Crippen LogP contribution in [0.25, 0.3) is 0 Å². The van der Waals surface area contributed by atoms with Crippen molar-refractivity contribution in [2.24, 2.45) is 0 Å². The molecule has 0 aliphatic heterocycles. The van der Waals surface area contributed by atoms with Crippen molar-refractivity contribution >= 4 is 11.6 Å². The molecule has 1 aromatic rings. The second-order valence-electron chi connectivity index (χ2n) is 6.05. The van der Waals surface area contributed by atoms with Gasteiger partial charge in [-0.2, -0.15) is 0 Å². The molecular formula is C15H28N4O. The predicted octanol–water partition coefficient (Wildman–Crippen LogP) is 2.89. The Morgan fingerprint density at radius 3 is 2.50 bits per heavy atom. The van der Waals surface area contributed by atoms with Crippen molar-refractivity contribution in [2.45, 2.75) is 52.9 Å². The van der Waals surface area contributed by atoms with E-state index in [0.717, 1.165) is 49.8 Å². The maximum Gasteiger partial charge on any atom is 0.138 e. The van der Waals surface area contributed by atoms with Gasteiger partial charge in [-0.1, -0.05) is 27.7 Å². The first kappa shape index (κ1) is 16.7. The fourth-order valence-electron chi connectivity index (χ4n) is 1.67. The van der Waals surface area contributed by atoms with E-state index in [2.05, 4.69) is 43.0 Å². The van der Waals surface area contributed by atoms with Crippen molar-refractivity contribution < 1.29 is 4.74 Å². The third-order valence-corrected chi connectivity index (χ3v) is 2.96. The molecule has 20 heavy (non-hydrogen) atoms. The zero-order chi connectivity index (χ0) is 15.2. The van der Waals surface area contributed by atoms with E-state index in [1.54, 1.807) is 0 Å². The number of hydrogen-bond acceptors (Lipinski definition) is 5. The molecule has 0 aromatic carbocycles. The van der Waals surface area contributed by atoms with Crippen molar-refractivity contribution in [2.75, 3.05) is 30.8 Å². The standard InChI is InChI=1S/C15H28N4O/c1-6-9-20-10-7-8-17-13-11(2)12(16)18-14(19-13)15(3,4)5/h6-10H2,1-5H3,(H3,16,17,18,19). The van der Waals surface area contributed by atoms with E-state index < -0.39 is 0 Å². The van der Waals surface area contributed by atoms with Crippen LogP contribution in [0, 0.1) is 6.92 Å². The van der Waals surface area contributed by atoms with Gasteiger partial charge in [-0.15, -0.1) is 0 Å². The van der Waals surface area contributed by atoms with Gasteiger partial charge < -0.3 is 15.8 Å². The van der Waals surface area contributed by atoms with Crippen LogP contribution in [-0.2, 0) is 10.2 Å². The largest absolute Gasteiger partial charge is 0.383 e. The van der Waals surface area contributed by atoms with Crippen LogP contribution in [-0.4, -0.2) is 29.7 Å². The molecule has 0 spiro atoms. The van der Waals surface area contributed by atoms with Crippen LogP contribution < -0.4 is 11.1 Å². The fraction of sp³-hybridized carbons (Fsp3) is 0.733. The molecule has 114 valence electrons. The van der Waals surface area contributed by atoms with Gasteiger partial charge >= 0.3 is 0 Å². The maximum absolute atomic E-state index is 5.97. The first-order valence-electron chi connectivity index (χ1n) is 7.32. The van der Waals surface area contributed by atoms with Gasteiger partial charge in [0.05, 0.1) is 0 Å². The van der Waals surface area contributed by atoms with E-state index in [1.165, 1.54) is 0 Å². The highest BCUT2D eigenvalue weighted by molar-refractivity contribution is 5.55. The lowest BCUT2D eigenvalue weighted by Gasteiger charge is -2.19. The molecule has 0 aliphatic rings. The first-order valence-corrected chi connectivity index (χ1v) is 7.32. The number of ether oxygens (including phenoxy) is 1. The summed E-state index contributed by atoms with van der Waals surface area (Å²) in [6.07, 6.45) is 2.01. The Bertz CT molecular complexity index is 427. The van der Waals surface area contributed by atoms with Gasteiger partial charge in [0.2, 0.25) is 0 Å². The topological polar surface area (TPSA) is 73.1 Å². The number of nitrogens with one attached hydrogen (secondary N) is 1. The molecule has 0 fully saturated rings. The summed E-state index contributed by atoms with van der Waals surface area (Å²) in [6, 6.07) is 0. The van der Waals surface area contributed by atoms with Gasteiger partial charge in [-0.05, 0) is 19.8 Å². The van der Waals surface area contributed by atoms with Gasteiger partial charge in [-0.25, -0.2) is 9.97 Å². The molecular weight excluding hydrogens is 252 g/mol. The highest BCUT2D eigenvalue weighted by Gasteiger charge is 2.20. The zero-order valence-electron chi connectivity index (χ0n) is 13.4. The van der Waals surface area contributed by atoms with Crippen molar-refractivity contribution in [3.05, 3.63) is 11.4 Å². The summed E-state index contributed by atoms with van der Waals surface area (Å²) in [5.41, 5.74) is 6.77. The first-order chi connectivity index (χ1) is 9.36. The monoisotopic (exact) mass is 280 g/mol. The van der Waals surface area contributed by atoms with Gasteiger partial charge in [0.15, 0.2) is 0 Å². The predicted molar refractivity (Wildman–Crippen MR) is 84.1 cm³/mol. The minimum atomic E-state index is -0.109. The minimum absolute atomic E-state index is 0.109. The summed E-state index contributed by atoms with van der Waals surface area (Å²) in [6.45, 7) is 12.7. The number of hydrogen-bond donors (Lipinski definition) is 2. The van der Waals surface area contributed by atoms with Crippen molar-refractivity contribution in [1.29, 1.82) is 0 Å². The fourth-order valence-corrected chi connectivity index (χ4v) is 1.67. The van der Waals surface area contributed by atoms with Gasteiger partial charge in [-0.3, -0.25) is 0 Å². The zero-order valence-corrected chi connectivity index (χ0v) is 13.4. The second-order valence-corrected chi connectivity index (χ2v) is 6.05. The molecule has 0 saturated carbocycles. The molecule has 0 bridgehead atoms. The van der Waals surface area contributed by atoms with E-state index in [-0.39, 0.29) is 5.41 Å². The second kappa shape index (κ2) is 7.43. The summed E-state index contributed by atoms with van der Waals surface area (Å²) < 4.78 is 5.46. The quantitative estimate of drug-likeness (QED) is 0.751. The Balaban J connectivity index is 2.63. The molecule has 3 N–H and O–H groups in total.